The van der Waals surface area contributed by atoms with E-state index in [0.717, 1.165) is 72.0 Å². The molecule has 0 radical (unpaired) electrons. The van der Waals surface area contributed by atoms with E-state index >= 15 is 0 Å². The Kier molecular flexibility index (Phi) is 6.49. The molecule has 7 heteroatoms. The van der Waals surface area contributed by atoms with Crippen LogP contribution in [0.4, 0.5) is 5.82 Å². The van der Waals surface area contributed by atoms with Crippen LogP contribution in [0.2, 0.25) is 5.02 Å². The summed E-state index contributed by atoms with van der Waals surface area (Å²) in [5.41, 5.74) is 2.36. The van der Waals surface area contributed by atoms with Gasteiger partial charge in [-0.2, -0.15) is 0 Å². The average molecular weight is 479 g/mol. The van der Waals surface area contributed by atoms with Gasteiger partial charge in [-0.25, -0.2) is 9.97 Å². The monoisotopic (exact) mass is 478 g/mol. The minimum absolute atomic E-state index is 0.742. The number of methoxy groups -OCH3 is 1. The van der Waals surface area contributed by atoms with Crippen molar-refractivity contribution in [2.45, 2.75) is 19.9 Å². The van der Waals surface area contributed by atoms with Gasteiger partial charge in [-0.15, -0.1) is 11.3 Å². The first-order valence-corrected chi connectivity index (χ1v) is 12.4. The maximum Gasteiger partial charge on any atom is 0.141 e. The minimum Gasteiger partial charge on any atom is -0.496 e. The second-order valence-corrected chi connectivity index (χ2v) is 10.1. The number of aryl methyl sites for hydroxylation is 1. The van der Waals surface area contributed by atoms with E-state index in [9.17, 15) is 0 Å². The van der Waals surface area contributed by atoms with Crippen LogP contribution in [0.1, 0.15) is 21.8 Å². The Morgan fingerprint density at radius 2 is 1.79 bits per heavy atom. The number of rotatable bonds is 6. The zero-order valence-electron chi connectivity index (χ0n) is 18.9. The molecule has 2 aromatic carbocycles. The number of hydrogen-bond acceptors (Lipinski definition) is 6. The summed E-state index contributed by atoms with van der Waals surface area (Å²) in [6, 6.07) is 18.5. The van der Waals surface area contributed by atoms with Crippen LogP contribution in [-0.2, 0) is 13.0 Å². The summed E-state index contributed by atoms with van der Waals surface area (Å²) in [4.78, 5) is 17.1. The lowest BCUT2D eigenvalue weighted by molar-refractivity contribution is 0.245. The molecule has 0 saturated carbocycles. The van der Waals surface area contributed by atoms with E-state index in [2.05, 4.69) is 47.1 Å². The smallest absolute Gasteiger partial charge is 0.141 e. The molecular weight excluding hydrogens is 452 g/mol. The van der Waals surface area contributed by atoms with E-state index in [1.165, 1.54) is 15.8 Å². The lowest BCUT2D eigenvalue weighted by Crippen LogP contribution is -2.46. The van der Waals surface area contributed by atoms with Crippen LogP contribution >= 0.6 is 22.9 Å². The van der Waals surface area contributed by atoms with Gasteiger partial charge in [-0.05, 0) is 36.8 Å². The number of benzene rings is 2. The summed E-state index contributed by atoms with van der Waals surface area (Å²) in [6.07, 6.45) is 0.745. The first-order valence-electron chi connectivity index (χ1n) is 11.2. The molecule has 33 heavy (non-hydrogen) atoms. The largest absolute Gasteiger partial charge is 0.496 e. The zero-order valence-corrected chi connectivity index (χ0v) is 20.5. The quantitative estimate of drug-likeness (QED) is 0.362. The summed E-state index contributed by atoms with van der Waals surface area (Å²) >= 11 is 7.98. The van der Waals surface area contributed by atoms with Crippen molar-refractivity contribution in [1.29, 1.82) is 0 Å². The Morgan fingerprint density at radius 3 is 2.55 bits per heavy atom. The Labute approximate surface area is 203 Å². The Balaban J connectivity index is 1.35. The van der Waals surface area contributed by atoms with E-state index in [1.807, 2.05) is 24.3 Å². The zero-order chi connectivity index (χ0) is 22.8. The van der Waals surface area contributed by atoms with Crippen LogP contribution in [0.5, 0.6) is 5.75 Å². The van der Waals surface area contributed by atoms with Crippen molar-refractivity contribution >= 4 is 39.0 Å². The molecule has 0 N–H and O–H groups in total. The van der Waals surface area contributed by atoms with E-state index in [-0.39, 0.29) is 0 Å². The number of anilines is 1. The molecule has 1 fully saturated rings. The lowest BCUT2D eigenvalue weighted by atomic mass is 10.1. The number of ether oxygens (including phenoxy) is 1. The first-order chi connectivity index (χ1) is 16.1. The second kappa shape index (κ2) is 9.67. The van der Waals surface area contributed by atoms with Gasteiger partial charge in [0, 0.05) is 54.6 Å². The molecule has 5 nitrogen and oxygen atoms in total. The van der Waals surface area contributed by atoms with Gasteiger partial charge in [0.2, 0.25) is 0 Å². The molecule has 5 rings (SSSR count). The fraction of sp³-hybridized carbons (Fsp3) is 0.308. The molecular formula is C26H27ClN4OS. The van der Waals surface area contributed by atoms with Crippen LogP contribution in [0.25, 0.3) is 10.2 Å². The fourth-order valence-corrected chi connectivity index (χ4v) is 5.49. The van der Waals surface area contributed by atoms with Gasteiger partial charge >= 0.3 is 0 Å². The van der Waals surface area contributed by atoms with Crippen molar-refractivity contribution in [2.75, 3.05) is 38.2 Å². The summed E-state index contributed by atoms with van der Waals surface area (Å²) in [7, 11) is 1.71. The highest BCUT2D eigenvalue weighted by Crippen LogP contribution is 2.32. The van der Waals surface area contributed by atoms with Crippen molar-refractivity contribution in [2.24, 2.45) is 0 Å². The van der Waals surface area contributed by atoms with Crippen molar-refractivity contribution in [3.8, 4) is 5.75 Å². The van der Waals surface area contributed by atoms with Crippen molar-refractivity contribution in [3.05, 3.63) is 81.4 Å². The van der Waals surface area contributed by atoms with E-state index in [1.54, 1.807) is 18.4 Å². The molecule has 1 aliphatic heterocycles. The standard InChI is InChI=1S/C26H27ClN4OS/c1-18-14-22-25(28-24(29-26(22)33-18)15-19-6-4-3-5-7-19)31-12-10-30(11-13-31)17-20-16-21(27)8-9-23(20)32-2/h3-9,14,16H,10-13,15,17H2,1-2H3. The molecule has 0 spiro atoms. The number of halogens is 1. The highest BCUT2D eigenvalue weighted by atomic mass is 35.5. The summed E-state index contributed by atoms with van der Waals surface area (Å²) in [6.45, 7) is 6.73. The van der Waals surface area contributed by atoms with Gasteiger partial charge in [-0.3, -0.25) is 4.90 Å². The van der Waals surface area contributed by atoms with E-state index < -0.39 is 0 Å². The second-order valence-electron chi connectivity index (χ2n) is 8.42. The Hall–Kier alpha value is -2.67. The average Bonchev–Trinajstić information content (AvgIpc) is 3.20. The predicted octanol–water partition coefficient (Wildman–Crippen LogP) is 5.57. The Bertz CT molecular complexity index is 1250. The van der Waals surface area contributed by atoms with Crippen LogP contribution in [0.3, 0.4) is 0 Å². The van der Waals surface area contributed by atoms with Crippen LogP contribution in [0, 0.1) is 6.92 Å². The Morgan fingerprint density at radius 1 is 1.00 bits per heavy atom. The van der Waals surface area contributed by atoms with E-state index in [0.29, 0.717) is 0 Å². The normalized spacial score (nSPS) is 14.7. The maximum atomic E-state index is 6.23. The molecule has 1 saturated heterocycles. The van der Waals surface area contributed by atoms with Gasteiger partial charge in [0.05, 0.1) is 12.5 Å². The number of hydrogen-bond donors (Lipinski definition) is 0. The third-order valence-corrected chi connectivity index (χ3v) is 7.23. The van der Waals surface area contributed by atoms with Gasteiger partial charge in [-0.1, -0.05) is 41.9 Å². The molecule has 1 aliphatic rings. The molecule has 0 bridgehead atoms. The van der Waals surface area contributed by atoms with Crippen LogP contribution < -0.4 is 9.64 Å². The first kappa shape index (κ1) is 22.1. The molecule has 0 atom stereocenters. The highest BCUT2D eigenvalue weighted by molar-refractivity contribution is 7.18. The van der Waals surface area contributed by atoms with Gasteiger partial charge in [0.1, 0.15) is 22.2 Å². The predicted molar refractivity (Wildman–Crippen MR) is 137 cm³/mol. The lowest BCUT2D eigenvalue weighted by Gasteiger charge is -2.36. The van der Waals surface area contributed by atoms with Crippen LogP contribution in [0.15, 0.2) is 54.6 Å². The molecule has 170 valence electrons. The highest BCUT2D eigenvalue weighted by Gasteiger charge is 2.22. The number of thiophene rings is 1. The maximum absolute atomic E-state index is 6.23. The summed E-state index contributed by atoms with van der Waals surface area (Å²) in [5.74, 6) is 2.84. The number of piperazine rings is 1. The number of aromatic nitrogens is 2. The van der Waals surface area contributed by atoms with Crippen molar-refractivity contribution < 1.29 is 4.74 Å². The molecule has 0 unspecified atom stereocenters. The van der Waals surface area contributed by atoms with Gasteiger partial charge in [0.15, 0.2) is 0 Å². The summed E-state index contributed by atoms with van der Waals surface area (Å²) < 4.78 is 5.53. The number of nitrogens with zero attached hydrogens (tertiary/aromatic N) is 4. The van der Waals surface area contributed by atoms with Crippen molar-refractivity contribution in [1.82, 2.24) is 14.9 Å². The van der Waals surface area contributed by atoms with E-state index in [4.69, 9.17) is 26.3 Å². The molecule has 2 aromatic heterocycles. The molecule has 4 aromatic rings. The summed E-state index contributed by atoms with van der Waals surface area (Å²) in [5, 5.41) is 1.91. The fourth-order valence-electron chi connectivity index (χ4n) is 4.40. The van der Waals surface area contributed by atoms with Gasteiger partial charge < -0.3 is 9.64 Å². The van der Waals surface area contributed by atoms with Gasteiger partial charge in [0.25, 0.3) is 0 Å². The SMILES string of the molecule is COc1ccc(Cl)cc1CN1CCN(c2nc(Cc3ccccc3)nc3sc(C)cc23)CC1. The molecule has 3 heterocycles. The third kappa shape index (κ3) is 4.98. The molecule has 0 aliphatic carbocycles. The minimum atomic E-state index is 0.742. The topological polar surface area (TPSA) is 41.5 Å². The van der Waals surface area contributed by atoms with Crippen molar-refractivity contribution in [3.63, 3.8) is 0 Å². The molecule has 0 amide bonds. The van der Waals surface area contributed by atoms with Crippen LogP contribution in [-0.4, -0.2) is 48.2 Å². The third-order valence-electron chi connectivity index (χ3n) is 6.06. The number of fused-ring (bicyclic) bond motifs is 1.